The van der Waals surface area contributed by atoms with Crippen molar-refractivity contribution < 1.29 is 19.0 Å². The fourth-order valence-electron chi connectivity index (χ4n) is 3.09. The molecule has 0 bridgehead atoms. The zero-order valence-corrected chi connectivity index (χ0v) is 16.1. The van der Waals surface area contributed by atoms with Crippen LogP contribution in [-0.4, -0.2) is 49.0 Å². The summed E-state index contributed by atoms with van der Waals surface area (Å²) in [7, 11) is 0. The normalized spacial score (nSPS) is 15.9. The van der Waals surface area contributed by atoms with E-state index in [1.807, 2.05) is 12.1 Å². The van der Waals surface area contributed by atoms with E-state index in [4.69, 9.17) is 26.4 Å². The van der Waals surface area contributed by atoms with Gasteiger partial charge in [0.1, 0.15) is 0 Å². The minimum Gasteiger partial charge on any atom is -0.454 e. The molecule has 2 aliphatic rings. The molecule has 2 aromatic rings. The highest BCUT2D eigenvalue weighted by Crippen LogP contribution is 2.32. The van der Waals surface area contributed by atoms with Crippen LogP contribution < -0.4 is 20.1 Å². The standard InChI is InChI=1S/C20H21N3O4S/c24-19(15-3-6-17-18(11-15)27-13-26-17)22-20(28)21-16-4-1-14(2-5-16)12-23-7-9-25-10-8-23/h1-6,11H,7-10,12-13H2,(H2,21,22,24,28). The monoisotopic (exact) mass is 399 g/mol. The van der Waals surface area contributed by atoms with E-state index < -0.39 is 0 Å². The number of rotatable bonds is 4. The van der Waals surface area contributed by atoms with Crippen LogP contribution in [0.2, 0.25) is 0 Å². The maximum atomic E-state index is 12.4. The van der Waals surface area contributed by atoms with Crippen molar-refractivity contribution in [2.24, 2.45) is 0 Å². The molecule has 1 saturated heterocycles. The SMILES string of the molecule is O=C(NC(=S)Nc1ccc(CN2CCOCC2)cc1)c1ccc2c(c1)OCO2. The molecule has 146 valence electrons. The Morgan fingerprint density at radius 3 is 2.57 bits per heavy atom. The molecule has 0 spiro atoms. The zero-order chi connectivity index (χ0) is 19.3. The van der Waals surface area contributed by atoms with Crippen LogP contribution in [0.25, 0.3) is 0 Å². The van der Waals surface area contributed by atoms with E-state index >= 15 is 0 Å². The number of nitrogens with one attached hydrogen (secondary N) is 2. The minimum atomic E-state index is -0.306. The van der Waals surface area contributed by atoms with Gasteiger partial charge < -0.3 is 19.5 Å². The first kappa shape index (κ1) is 18.7. The number of carbonyl (C=O) groups is 1. The minimum absolute atomic E-state index is 0.169. The molecule has 0 unspecified atom stereocenters. The number of amides is 1. The van der Waals surface area contributed by atoms with E-state index in [0.717, 1.165) is 38.5 Å². The van der Waals surface area contributed by atoms with Gasteiger partial charge in [-0.2, -0.15) is 0 Å². The molecule has 1 fully saturated rings. The Hall–Kier alpha value is -2.68. The number of thiocarbonyl (C=S) groups is 1. The zero-order valence-electron chi connectivity index (χ0n) is 15.3. The Bertz CT molecular complexity index is 866. The topological polar surface area (TPSA) is 72.1 Å². The maximum Gasteiger partial charge on any atom is 0.257 e. The summed E-state index contributed by atoms with van der Waals surface area (Å²) in [5, 5.41) is 5.95. The molecule has 4 rings (SSSR count). The number of morpholine rings is 1. The van der Waals surface area contributed by atoms with Gasteiger partial charge in [-0.1, -0.05) is 12.1 Å². The lowest BCUT2D eigenvalue weighted by atomic mass is 10.2. The molecule has 7 nitrogen and oxygen atoms in total. The third-order valence-electron chi connectivity index (χ3n) is 4.58. The molecular formula is C20H21N3O4S. The summed E-state index contributed by atoms with van der Waals surface area (Å²) in [6, 6.07) is 13.0. The Kier molecular flexibility index (Phi) is 5.70. The molecule has 0 saturated carbocycles. The van der Waals surface area contributed by atoms with Crippen LogP contribution in [0, 0.1) is 0 Å². The number of hydrogen-bond donors (Lipinski definition) is 2. The van der Waals surface area contributed by atoms with Crippen molar-refractivity contribution in [2.75, 3.05) is 38.4 Å². The predicted octanol–water partition coefficient (Wildman–Crippen LogP) is 2.37. The lowest BCUT2D eigenvalue weighted by molar-refractivity contribution is 0.0342. The Balaban J connectivity index is 1.30. The summed E-state index contributed by atoms with van der Waals surface area (Å²) < 4.78 is 15.9. The molecule has 2 heterocycles. The van der Waals surface area contributed by atoms with E-state index in [1.165, 1.54) is 5.56 Å². The van der Waals surface area contributed by atoms with Crippen molar-refractivity contribution >= 4 is 28.9 Å². The highest BCUT2D eigenvalue weighted by molar-refractivity contribution is 7.80. The first-order valence-electron chi connectivity index (χ1n) is 9.08. The van der Waals surface area contributed by atoms with Gasteiger partial charge in [0.05, 0.1) is 13.2 Å². The molecule has 28 heavy (non-hydrogen) atoms. The third-order valence-corrected chi connectivity index (χ3v) is 4.79. The molecule has 0 aromatic heterocycles. The summed E-state index contributed by atoms with van der Waals surface area (Å²) in [5.74, 6) is 0.886. The second kappa shape index (κ2) is 8.55. The number of anilines is 1. The first-order chi connectivity index (χ1) is 13.7. The molecular weight excluding hydrogens is 378 g/mol. The second-order valence-electron chi connectivity index (χ2n) is 6.56. The van der Waals surface area contributed by atoms with Gasteiger partial charge in [0.2, 0.25) is 6.79 Å². The van der Waals surface area contributed by atoms with Crippen LogP contribution in [0.1, 0.15) is 15.9 Å². The fraction of sp³-hybridized carbons (Fsp3) is 0.300. The smallest absolute Gasteiger partial charge is 0.257 e. The van der Waals surface area contributed by atoms with E-state index in [9.17, 15) is 4.79 Å². The Morgan fingerprint density at radius 2 is 1.79 bits per heavy atom. The molecule has 0 atom stereocenters. The van der Waals surface area contributed by atoms with Crippen LogP contribution in [0.15, 0.2) is 42.5 Å². The van der Waals surface area contributed by atoms with E-state index in [1.54, 1.807) is 18.2 Å². The van der Waals surface area contributed by atoms with Crippen molar-refractivity contribution in [2.45, 2.75) is 6.54 Å². The molecule has 0 aliphatic carbocycles. The van der Waals surface area contributed by atoms with Crippen molar-refractivity contribution in [3.8, 4) is 11.5 Å². The summed E-state index contributed by atoms with van der Waals surface area (Å²) in [6.45, 7) is 4.55. The number of carbonyl (C=O) groups excluding carboxylic acids is 1. The summed E-state index contributed by atoms with van der Waals surface area (Å²) >= 11 is 5.25. The number of hydrogen-bond acceptors (Lipinski definition) is 6. The van der Waals surface area contributed by atoms with Crippen molar-refractivity contribution in [3.05, 3.63) is 53.6 Å². The summed E-state index contributed by atoms with van der Waals surface area (Å²) in [5.41, 5.74) is 2.50. The number of ether oxygens (including phenoxy) is 3. The maximum absolute atomic E-state index is 12.4. The molecule has 2 aromatic carbocycles. The fourth-order valence-corrected chi connectivity index (χ4v) is 3.30. The highest BCUT2D eigenvalue weighted by Gasteiger charge is 2.17. The summed E-state index contributed by atoms with van der Waals surface area (Å²) in [4.78, 5) is 14.7. The van der Waals surface area contributed by atoms with Gasteiger partial charge in [0, 0.05) is 30.9 Å². The predicted molar refractivity (Wildman–Crippen MR) is 109 cm³/mol. The average molecular weight is 399 g/mol. The van der Waals surface area contributed by atoms with Gasteiger partial charge >= 0.3 is 0 Å². The average Bonchev–Trinajstić information content (AvgIpc) is 3.18. The van der Waals surface area contributed by atoms with Gasteiger partial charge in [-0.25, -0.2) is 0 Å². The van der Waals surface area contributed by atoms with E-state index in [2.05, 4.69) is 27.7 Å². The quantitative estimate of drug-likeness (QED) is 0.765. The van der Waals surface area contributed by atoms with Crippen LogP contribution in [-0.2, 0) is 11.3 Å². The van der Waals surface area contributed by atoms with Crippen LogP contribution >= 0.6 is 12.2 Å². The van der Waals surface area contributed by atoms with Gasteiger partial charge in [0.15, 0.2) is 16.6 Å². The van der Waals surface area contributed by atoms with Crippen molar-refractivity contribution in [1.82, 2.24) is 10.2 Å². The Labute approximate surface area is 168 Å². The van der Waals surface area contributed by atoms with Crippen molar-refractivity contribution in [3.63, 3.8) is 0 Å². The first-order valence-corrected chi connectivity index (χ1v) is 9.49. The number of benzene rings is 2. The molecule has 8 heteroatoms. The van der Waals surface area contributed by atoms with Gasteiger partial charge in [-0.05, 0) is 48.1 Å². The number of fused-ring (bicyclic) bond motifs is 1. The number of nitrogens with zero attached hydrogens (tertiary/aromatic N) is 1. The van der Waals surface area contributed by atoms with Crippen LogP contribution in [0.3, 0.4) is 0 Å². The van der Waals surface area contributed by atoms with Crippen LogP contribution in [0.5, 0.6) is 11.5 Å². The van der Waals surface area contributed by atoms with Gasteiger partial charge in [0.25, 0.3) is 5.91 Å². The largest absolute Gasteiger partial charge is 0.454 e. The third kappa shape index (κ3) is 4.59. The molecule has 0 radical (unpaired) electrons. The van der Waals surface area contributed by atoms with Gasteiger partial charge in [-0.15, -0.1) is 0 Å². The Morgan fingerprint density at radius 1 is 1.04 bits per heavy atom. The molecule has 2 aliphatic heterocycles. The van der Waals surface area contributed by atoms with E-state index in [0.29, 0.717) is 17.1 Å². The lowest BCUT2D eigenvalue weighted by Gasteiger charge is -2.26. The second-order valence-corrected chi connectivity index (χ2v) is 6.97. The molecule has 2 N–H and O–H groups in total. The van der Waals surface area contributed by atoms with E-state index in [-0.39, 0.29) is 17.8 Å². The van der Waals surface area contributed by atoms with Crippen molar-refractivity contribution in [1.29, 1.82) is 0 Å². The molecule has 1 amide bonds. The summed E-state index contributed by atoms with van der Waals surface area (Å²) in [6.07, 6.45) is 0. The van der Waals surface area contributed by atoms with Gasteiger partial charge in [-0.3, -0.25) is 15.0 Å². The van der Waals surface area contributed by atoms with Crippen LogP contribution in [0.4, 0.5) is 5.69 Å². The highest BCUT2D eigenvalue weighted by atomic mass is 32.1. The lowest BCUT2D eigenvalue weighted by Crippen LogP contribution is -2.35.